The van der Waals surface area contributed by atoms with E-state index in [2.05, 4.69) is 5.16 Å². The topological polar surface area (TPSA) is 52.0 Å². The average molecular weight is 274 g/mol. The maximum Gasteiger partial charge on any atom is 0.419 e. The van der Waals surface area contributed by atoms with E-state index in [0.717, 1.165) is 6.07 Å². The number of hydrogen-bond acceptors (Lipinski definition) is 3. The van der Waals surface area contributed by atoms with Crippen molar-refractivity contribution in [2.24, 2.45) is 0 Å². The Balaban J connectivity index is 2.64. The summed E-state index contributed by atoms with van der Waals surface area (Å²) >= 11 is 0. The molecule has 0 aliphatic heterocycles. The molecule has 0 amide bonds. The number of alkyl halides is 3. The fourth-order valence-electron chi connectivity index (χ4n) is 1.80. The average Bonchev–Trinajstić information content (AvgIpc) is 2.69. The van der Waals surface area contributed by atoms with E-state index in [9.17, 15) is 17.6 Å². The van der Waals surface area contributed by atoms with Crippen LogP contribution in [-0.2, 0) is 12.6 Å². The summed E-state index contributed by atoms with van der Waals surface area (Å²) in [5, 5.41) is 3.45. The van der Waals surface area contributed by atoms with Crippen molar-refractivity contribution < 1.29 is 22.1 Å². The van der Waals surface area contributed by atoms with Gasteiger partial charge in [-0.3, -0.25) is 0 Å². The van der Waals surface area contributed by atoms with Gasteiger partial charge in [0.1, 0.15) is 5.82 Å². The molecule has 1 heterocycles. The highest BCUT2D eigenvalue weighted by Crippen LogP contribution is 2.37. The number of aromatic nitrogens is 1. The van der Waals surface area contributed by atoms with E-state index in [-0.39, 0.29) is 17.1 Å². The second kappa shape index (κ2) is 4.56. The summed E-state index contributed by atoms with van der Waals surface area (Å²) in [4.78, 5) is 0. The lowest BCUT2D eigenvalue weighted by atomic mass is 10.0. The van der Waals surface area contributed by atoms with Gasteiger partial charge in [-0.2, -0.15) is 13.2 Å². The summed E-state index contributed by atoms with van der Waals surface area (Å²) < 4.78 is 56.6. The second-order valence-corrected chi connectivity index (χ2v) is 3.89. The number of hydrogen-bond donors (Lipinski definition) is 1. The van der Waals surface area contributed by atoms with Crippen LogP contribution in [0.3, 0.4) is 0 Å². The summed E-state index contributed by atoms with van der Waals surface area (Å²) in [5.41, 5.74) is 4.26. The standard InChI is InChI=1S/C12H10F4N2O/c1-2-6-10(19-18-11(6)17)7-4-3-5-8(9(7)13)12(14,15)16/h3-5H,2H2,1H3,(H2,17,18). The van der Waals surface area contributed by atoms with Crippen LogP contribution >= 0.6 is 0 Å². The minimum absolute atomic E-state index is 0.0503. The molecule has 7 heteroatoms. The highest BCUT2D eigenvalue weighted by molar-refractivity contribution is 5.67. The number of nitrogen functional groups attached to an aromatic ring is 1. The molecule has 0 bridgehead atoms. The fraction of sp³-hybridized carbons (Fsp3) is 0.250. The minimum Gasteiger partial charge on any atom is -0.381 e. The van der Waals surface area contributed by atoms with Crippen LogP contribution < -0.4 is 5.73 Å². The van der Waals surface area contributed by atoms with Crippen molar-refractivity contribution in [3.63, 3.8) is 0 Å². The Kier molecular flexibility index (Phi) is 3.21. The van der Waals surface area contributed by atoms with E-state index in [4.69, 9.17) is 10.3 Å². The lowest BCUT2D eigenvalue weighted by molar-refractivity contribution is -0.139. The van der Waals surface area contributed by atoms with Gasteiger partial charge in [0.15, 0.2) is 11.6 Å². The first-order valence-electron chi connectivity index (χ1n) is 5.46. The molecule has 0 spiro atoms. The molecule has 0 saturated carbocycles. The Morgan fingerprint density at radius 3 is 2.58 bits per heavy atom. The first-order chi connectivity index (χ1) is 8.86. The molecular weight excluding hydrogens is 264 g/mol. The Hall–Kier alpha value is -2.05. The number of nitrogens with zero attached hydrogens (tertiary/aromatic N) is 1. The zero-order valence-electron chi connectivity index (χ0n) is 9.88. The predicted octanol–water partition coefficient (Wildman–Crippen LogP) is 3.64. The predicted molar refractivity (Wildman–Crippen MR) is 60.7 cm³/mol. The van der Waals surface area contributed by atoms with Crippen molar-refractivity contribution in [3.05, 3.63) is 35.1 Å². The van der Waals surface area contributed by atoms with Crippen LogP contribution in [-0.4, -0.2) is 5.16 Å². The largest absolute Gasteiger partial charge is 0.419 e. The van der Waals surface area contributed by atoms with Gasteiger partial charge in [0.2, 0.25) is 0 Å². The van der Waals surface area contributed by atoms with E-state index >= 15 is 0 Å². The summed E-state index contributed by atoms with van der Waals surface area (Å²) in [6, 6.07) is 2.98. The number of nitrogens with two attached hydrogens (primary N) is 1. The van der Waals surface area contributed by atoms with Crippen LogP contribution in [0.1, 0.15) is 18.1 Å². The third-order valence-corrected chi connectivity index (χ3v) is 2.72. The first kappa shape index (κ1) is 13.4. The van der Waals surface area contributed by atoms with E-state index < -0.39 is 17.6 Å². The van der Waals surface area contributed by atoms with Gasteiger partial charge >= 0.3 is 6.18 Å². The normalized spacial score (nSPS) is 11.8. The summed E-state index contributed by atoms with van der Waals surface area (Å²) in [7, 11) is 0. The van der Waals surface area contributed by atoms with Crippen molar-refractivity contribution in [2.45, 2.75) is 19.5 Å². The molecule has 3 nitrogen and oxygen atoms in total. The number of rotatable bonds is 2. The number of halogens is 4. The molecule has 102 valence electrons. The number of benzene rings is 1. The fourth-order valence-corrected chi connectivity index (χ4v) is 1.80. The molecule has 0 unspecified atom stereocenters. The first-order valence-corrected chi connectivity index (χ1v) is 5.46. The second-order valence-electron chi connectivity index (χ2n) is 3.89. The van der Waals surface area contributed by atoms with Gasteiger partial charge < -0.3 is 10.3 Å². The Bertz CT molecular complexity index is 604. The van der Waals surface area contributed by atoms with Crippen LogP contribution in [0, 0.1) is 5.82 Å². The summed E-state index contributed by atoms with van der Waals surface area (Å²) in [6.45, 7) is 1.72. The summed E-state index contributed by atoms with van der Waals surface area (Å²) in [5.74, 6) is -1.40. The Labute approximate surface area is 106 Å². The van der Waals surface area contributed by atoms with E-state index in [0.29, 0.717) is 18.1 Å². The van der Waals surface area contributed by atoms with Gasteiger partial charge in [-0.05, 0) is 18.6 Å². The zero-order valence-corrected chi connectivity index (χ0v) is 9.88. The minimum atomic E-state index is -4.77. The lowest BCUT2D eigenvalue weighted by Crippen LogP contribution is -2.08. The quantitative estimate of drug-likeness (QED) is 0.850. The van der Waals surface area contributed by atoms with Crippen molar-refractivity contribution in [1.82, 2.24) is 5.16 Å². The molecule has 0 fully saturated rings. The van der Waals surface area contributed by atoms with Crippen molar-refractivity contribution >= 4 is 5.82 Å². The third kappa shape index (κ3) is 2.27. The van der Waals surface area contributed by atoms with Gasteiger partial charge in [-0.25, -0.2) is 4.39 Å². The molecule has 1 aromatic heterocycles. The van der Waals surface area contributed by atoms with Gasteiger partial charge in [0.25, 0.3) is 0 Å². The Morgan fingerprint density at radius 2 is 2.00 bits per heavy atom. The smallest absolute Gasteiger partial charge is 0.381 e. The van der Waals surface area contributed by atoms with Crippen LogP contribution in [0.25, 0.3) is 11.3 Å². The molecular formula is C12H10F4N2O. The molecule has 2 aromatic rings. The maximum atomic E-state index is 13.9. The SMILES string of the molecule is CCc1c(N)noc1-c1cccc(C(F)(F)F)c1F. The highest BCUT2D eigenvalue weighted by atomic mass is 19.4. The van der Waals surface area contributed by atoms with Crippen LogP contribution in [0.15, 0.2) is 22.7 Å². The van der Waals surface area contributed by atoms with Crippen LogP contribution in [0.4, 0.5) is 23.4 Å². The molecule has 0 aliphatic carbocycles. The van der Waals surface area contributed by atoms with Gasteiger partial charge in [0, 0.05) is 5.56 Å². The summed E-state index contributed by atoms with van der Waals surface area (Å²) in [6.07, 6.45) is -4.39. The molecule has 2 rings (SSSR count). The van der Waals surface area contributed by atoms with Crippen molar-refractivity contribution in [3.8, 4) is 11.3 Å². The molecule has 0 radical (unpaired) electrons. The molecule has 1 aromatic carbocycles. The Morgan fingerprint density at radius 1 is 1.32 bits per heavy atom. The van der Waals surface area contributed by atoms with E-state index in [1.807, 2.05) is 0 Å². The maximum absolute atomic E-state index is 13.9. The van der Waals surface area contributed by atoms with E-state index in [1.54, 1.807) is 6.92 Å². The molecule has 0 saturated heterocycles. The molecule has 19 heavy (non-hydrogen) atoms. The lowest BCUT2D eigenvalue weighted by Gasteiger charge is -2.10. The number of anilines is 1. The van der Waals surface area contributed by atoms with Gasteiger partial charge in [-0.1, -0.05) is 18.1 Å². The molecule has 0 aliphatic rings. The third-order valence-electron chi connectivity index (χ3n) is 2.72. The molecule has 2 N–H and O–H groups in total. The zero-order chi connectivity index (χ0) is 14.2. The van der Waals surface area contributed by atoms with Crippen LogP contribution in [0.2, 0.25) is 0 Å². The van der Waals surface area contributed by atoms with Crippen molar-refractivity contribution in [2.75, 3.05) is 5.73 Å². The highest BCUT2D eigenvalue weighted by Gasteiger charge is 2.35. The van der Waals surface area contributed by atoms with Crippen molar-refractivity contribution in [1.29, 1.82) is 0 Å². The van der Waals surface area contributed by atoms with E-state index in [1.165, 1.54) is 6.07 Å². The van der Waals surface area contributed by atoms with Gasteiger partial charge in [0.05, 0.1) is 11.1 Å². The molecule has 0 atom stereocenters. The monoisotopic (exact) mass is 274 g/mol. The van der Waals surface area contributed by atoms with Gasteiger partial charge in [-0.15, -0.1) is 0 Å². The van der Waals surface area contributed by atoms with Crippen LogP contribution in [0.5, 0.6) is 0 Å².